The molecule has 0 spiro atoms. The van der Waals surface area contributed by atoms with E-state index in [0.29, 0.717) is 11.4 Å². The van der Waals surface area contributed by atoms with E-state index in [9.17, 15) is 9.90 Å². The smallest absolute Gasteiger partial charge is 0.335 e. The summed E-state index contributed by atoms with van der Waals surface area (Å²) in [4.78, 5) is 26.0. The largest absolute Gasteiger partial charge is 0.478 e. The Balaban J connectivity index is 1.59. The first-order valence-corrected chi connectivity index (χ1v) is 11.2. The van der Waals surface area contributed by atoms with Crippen LogP contribution in [0.4, 0.5) is 0 Å². The summed E-state index contributed by atoms with van der Waals surface area (Å²) in [6, 6.07) is 26.8. The van der Waals surface area contributed by atoms with Gasteiger partial charge in [0.1, 0.15) is 11.4 Å². The van der Waals surface area contributed by atoms with Gasteiger partial charge in [0.25, 0.3) is 0 Å². The summed E-state index contributed by atoms with van der Waals surface area (Å²) < 4.78 is 4.07. The van der Waals surface area contributed by atoms with Crippen molar-refractivity contribution in [3.63, 3.8) is 0 Å². The maximum absolute atomic E-state index is 11.3. The van der Waals surface area contributed by atoms with E-state index in [4.69, 9.17) is 15.0 Å². The third-order valence-corrected chi connectivity index (χ3v) is 6.32. The Hall–Kier alpha value is -4.78. The summed E-state index contributed by atoms with van der Waals surface area (Å²) in [5.41, 5.74) is 7.29. The average Bonchev–Trinajstić information content (AvgIpc) is 3.41. The molecule has 0 aliphatic rings. The van der Waals surface area contributed by atoms with Crippen LogP contribution >= 0.6 is 0 Å². The van der Waals surface area contributed by atoms with E-state index in [1.807, 2.05) is 96.0 Å². The second kappa shape index (κ2) is 7.92. The second-order valence-corrected chi connectivity index (χ2v) is 8.48. The number of hydrogen-bond donors (Lipinski definition) is 1. The Morgan fingerprint density at radius 2 is 1.14 bits per heavy atom. The lowest BCUT2D eigenvalue weighted by atomic mass is 10.0. The SMILES string of the molecule is Cn1c(-c2cc(-c3ccc(C(=O)O)cc3)cc(-c3nc4ccccc4n3C)n2)nc2ccccc21. The van der Waals surface area contributed by atoms with Crippen molar-refractivity contribution < 1.29 is 9.90 Å². The zero-order chi connectivity index (χ0) is 24.1. The van der Waals surface area contributed by atoms with Crippen LogP contribution in [-0.2, 0) is 14.1 Å². The number of pyridine rings is 1. The first-order chi connectivity index (χ1) is 17.0. The van der Waals surface area contributed by atoms with E-state index in [0.717, 1.165) is 44.8 Å². The molecule has 3 aromatic carbocycles. The Kier molecular flexibility index (Phi) is 4.70. The Morgan fingerprint density at radius 1 is 0.657 bits per heavy atom. The molecule has 6 rings (SSSR count). The average molecular weight is 460 g/mol. The van der Waals surface area contributed by atoms with Gasteiger partial charge in [-0.1, -0.05) is 36.4 Å². The number of benzene rings is 3. The van der Waals surface area contributed by atoms with E-state index in [1.165, 1.54) is 0 Å². The molecular formula is C28H21N5O2. The van der Waals surface area contributed by atoms with Crippen molar-refractivity contribution >= 4 is 28.0 Å². The minimum Gasteiger partial charge on any atom is -0.478 e. The number of aromatic carboxylic acids is 1. The number of carbonyl (C=O) groups is 1. The molecule has 0 amide bonds. The van der Waals surface area contributed by atoms with Crippen LogP contribution in [0.2, 0.25) is 0 Å². The molecule has 6 aromatic rings. The summed E-state index contributed by atoms with van der Waals surface area (Å²) in [6.45, 7) is 0. The highest BCUT2D eigenvalue weighted by atomic mass is 16.4. The lowest BCUT2D eigenvalue weighted by molar-refractivity contribution is 0.0697. The molecule has 0 aliphatic carbocycles. The van der Waals surface area contributed by atoms with Crippen LogP contribution in [0, 0.1) is 0 Å². The molecule has 0 saturated carbocycles. The summed E-state index contributed by atoms with van der Waals surface area (Å²) in [5, 5.41) is 9.30. The second-order valence-electron chi connectivity index (χ2n) is 8.48. The third kappa shape index (κ3) is 3.45. The number of aromatic nitrogens is 5. The van der Waals surface area contributed by atoms with Gasteiger partial charge >= 0.3 is 5.97 Å². The molecule has 7 nitrogen and oxygen atoms in total. The van der Waals surface area contributed by atoms with Gasteiger partial charge in [0.2, 0.25) is 0 Å². The number of carboxylic acid groups (broad SMARTS) is 1. The van der Waals surface area contributed by atoms with Crippen molar-refractivity contribution in [3.8, 4) is 34.2 Å². The van der Waals surface area contributed by atoms with Crippen LogP contribution in [0.25, 0.3) is 56.2 Å². The number of nitrogens with zero attached hydrogens (tertiary/aromatic N) is 5. The van der Waals surface area contributed by atoms with Gasteiger partial charge in [-0.25, -0.2) is 19.7 Å². The minimum absolute atomic E-state index is 0.244. The monoisotopic (exact) mass is 459 g/mol. The predicted octanol–water partition coefficient (Wildman–Crippen LogP) is 5.55. The van der Waals surface area contributed by atoms with Crippen molar-refractivity contribution in [1.82, 2.24) is 24.1 Å². The highest BCUT2D eigenvalue weighted by Gasteiger charge is 2.18. The third-order valence-electron chi connectivity index (χ3n) is 6.32. The topological polar surface area (TPSA) is 85.8 Å². The highest BCUT2D eigenvalue weighted by molar-refractivity contribution is 5.89. The molecule has 1 N–H and O–H groups in total. The highest BCUT2D eigenvalue weighted by Crippen LogP contribution is 2.32. The van der Waals surface area contributed by atoms with Gasteiger partial charge in [0.05, 0.1) is 27.6 Å². The zero-order valence-corrected chi connectivity index (χ0v) is 19.2. The maximum atomic E-state index is 11.3. The van der Waals surface area contributed by atoms with Crippen molar-refractivity contribution in [2.24, 2.45) is 14.1 Å². The lowest BCUT2D eigenvalue weighted by Gasteiger charge is -2.10. The van der Waals surface area contributed by atoms with E-state index < -0.39 is 5.97 Å². The molecule has 0 bridgehead atoms. The fourth-order valence-electron chi connectivity index (χ4n) is 4.48. The number of para-hydroxylation sites is 4. The quantitative estimate of drug-likeness (QED) is 0.373. The van der Waals surface area contributed by atoms with Crippen molar-refractivity contribution in [2.45, 2.75) is 0 Å². The van der Waals surface area contributed by atoms with Gasteiger partial charge in [-0.15, -0.1) is 0 Å². The summed E-state index contributed by atoms with van der Waals surface area (Å²) in [6.07, 6.45) is 0. The van der Waals surface area contributed by atoms with Crippen molar-refractivity contribution in [3.05, 3.63) is 90.5 Å². The molecule has 3 aromatic heterocycles. The number of rotatable bonds is 4. The molecule has 170 valence electrons. The fourth-order valence-corrected chi connectivity index (χ4v) is 4.48. The number of aryl methyl sites for hydroxylation is 2. The Morgan fingerprint density at radius 3 is 1.60 bits per heavy atom. The molecule has 0 saturated heterocycles. The van der Waals surface area contributed by atoms with Gasteiger partial charge in [0.15, 0.2) is 11.6 Å². The summed E-state index contributed by atoms with van der Waals surface area (Å²) in [5.74, 6) is 0.539. The molecule has 0 atom stereocenters. The van der Waals surface area contributed by atoms with Crippen molar-refractivity contribution in [2.75, 3.05) is 0 Å². The summed E-state index contributed by atoms with van der Waals surface area (Å²) >= 11 is 0. The Bertz CT molecular complexity index is 1650. The van der Waals surface area contributed by atoms with Gasteiger partial charge in [-0.05, 0) is 59.7 Å². The zero-order valence-electron chi connectivity index (χ0n) is 19.2. The molecule has 0 fully saturated rings. The predicted molar refractivity (Wildman–Crippen MR) is 136 cm³/mol. The van der Waals surface area contributed by atoms with Gasteiger partial charge < -0.3 is 14.2 Å². The van der Waals surface area contributed by atoms with Crippen LogP contribution in [0.3, 0.4) is 0 Å². The number of hydrogen-bond acceptors (Lipinski definition) is 4. The first-order valence-electron chi connectivity index (χ1n) is 11.2. The maximum Gasteiger partial charge on any atom is 0.335 e. The fraction of sp³-hybridized carbons (Fsp3) is 0.0714. The van der Waals surface area contributed by atoms with Gasteiger partial charge in [0, 0.05) is 14.1 Å². The summed E-state index contributed by atoms with van der Waals surface area (Å²) in [7, 11) is 3.96. The molecule has 0 aliphatic heterocycles. The number of fused-ring (bicyclic) bond motifs is 2. The molecular weight excluding hydrogens is 438 g/mol. The number of carboxylic acids is 1. The van der Waals surface area contributed by atoms with Crippen molar-refractivity contribution in [1.29, 1.82) is 0 Å². The van der Waals surface area contributed by atoms with E-state index in [-0.39, 0.29) is 5.56 Å². The van der Waals surface area contributed by atoms with Crippen LogP contribution in [0.1, 0.15) is 10.4 Å². The lowest BCUT2D eigenvalue weighted by Crippen LogP contribution is -2.00. The molecule has 0 radical (unpaired) electrons. The van der Waals surface area contributed by atoms with Crippen LogP contribution in [-0.4, -0.2) is 35.2 Å². The normalized spacial score (nSPS) is 11.4. The van der Waals surface area contributed by atoms with Crippen LogP contribution in [0.15, 0.2) is 84.9 Å². The van der Waals surface area contributed by atoms with Gasteiger partial charge in [-0.2, -0.15) is 0 Å². The molecule has 35 heavy (non-hydrogen) atoms. The van der Waals surface area contributed by atoms with Gasteiger partial charge in [-0.3, -0.25) is 0 Å². The molecule has 3 heterocycles. The van der Waals surface area contributed by atoms with E-state index in [2.05, 4.69) is 0 Å². The first kappa shape index (κ1) is 20.8. The molecule has 7 heteroatoms. The van der Waals surface area contributed by atoms with Crippen LogP contribution in [0.5, 0.6) is 0 Å². The van der Waals surface area contributed by atoms with Crippen LogP contribution < -0.4 is 0 Å². The standard InChI is InChI=1S/C28H21N5O2/c1-32-24-9-5-3-7-20(24)30-26(32)22-15-19(17-11-13-18(14-12-17)28(34)35)16-23(29-22)27-31-21-8-4-6-10-25(21)33(27)2/h3-16H,1-2H3,(H,34,35). The van der Waals surface area contributed by atoms with E-state index >= 15 is 0 Å². The Labute approximate surface area is 201 Å². The van der Waals surface area contributed by atoms with E-state index in [1.54, 1.807) is 12.1 Å². The molecule has 0 unspecified atom stereocenters. The number of imidazole rings is 2. The minimum atomic E-state index is -0.952.